The van der Waals surface area contributed by atoms with Crippen LogP contribution in [-0.2, 0) is 6.42 Å². The first kappa shape index (κ1) is 15.5. The minimum Gasteiger partial charge on any atom is -0.505 e. The molecule has 0 saturated heterocycles. The van der Waals surface area contributed by atoms with Crippen LogP contribution in [0, 0.1) is 5.92 Å². The molecule has 23 heavy (non-hydrogen) atoms. The van der Waals surface area contributed by atoms with Gasteiger partial charge in [0.2, 0.25) is 0 Å². The van der Waals surface area contributed by atoms with Gasteiger partial charge < -0.3 is 15.5 Å². The summed E-state index contributed by atoms with van der Waals surface area (Å²) in [6.07, 6.45) is 3.27. The number of nitrogens with one attached hydrogen (secondary N) is 1. The molecule has 1 saturated carbocycles. The summed E-state index contributed by atoms with van der Waals surface area (Å²) in [5.74, 6) is -0.275. The summed E-state index contributed by atoms with van der Waals surface area (Å²) < 4.78 is 0. The Morgan fingerprint density at radius 3 is 2.61 bits per heavy atom. The fourth-order valence-corrected chi connectivity index (χ4v) is 2.97. The number of benzene rings is 1. The average Bonchev–Trinajstić information content (AvgIpc) is 2.52. The van der Waals surface area contributed by atoms with Crippen LogP contribution in [0.2, 0.25) is 0 Å². The number of hydrogen-bond donors (Lipinski definition) is 3. The molecule has 120 valence electrons. The molecule has 0 aliphatic heterocycles. The van der Waals surface area contributed by atoms with Gasteiger partial charge in [-0.3, -0.25) is 4.79 Å². The lowest BCUT2D eigenvalue weighted by atomic mass is 9.75. The third kappa shape index (κ3) is 3.68. The Hall–Kier alpha value is -2.40. The lowest BCUT2D eigenvalue weighted by Crippen LogP contribution is -2.48. The van der Waals surface area contributed by atoms with Crippen LogP contribution in [-0.4, -0.2) is 33.3 Å². The Bertz CT molecular complexity index is 669. The molecule has 1 aliphatic carbocycles. The van der Waals surface area contributed by atoms with E-state index in [0.29, 0.717) is 19.3 Å². The van der Waals surface area contributed by atoms with E-state index in [1.165, 1.54) is 12.3 Å². The fourth-order valence-electron chi connectivity index (χ4n) is 2.97. The van der Waals surface area contributed by atoms with Crippen LogP contribution in [0.5, 0.6) is 5.75 Å². The van der Waals surface area contributed by atoms with Gasteiger partial charge in [0.05, 0.1) is 6.10 Å². The summed E-state index contributed by atoms with van der Waals surface area (Å²) in [4.78, 5) is 16.3. The van der Waals surface area contributed by atoms with Crippen molar-refractivity contribution in [3.63, 3.8) is 0 Å². The van der Waals surface area contributed by atoms with Gasteiger partial charge >= 0.3 is 0 Å². The first-order valence-electron chi connectivity index (χ1n) is 7.80. The molecule has 1 atom stereocenters. The maximum Gasteiger partial charge on any atom is 0.273 e. The minimum atomic E-state index is -0.384. The molecule has 5 nitrogen and oxygen atoms in total. The summed E-state index contributed by atoms with van der Waals surface area (Å²) in [7, 11) is 0. The number of nitrogens with zero attached hydrogens (tertiary/aromatic N) is 1. The van der Waals surface area contributed by atoms with Crippen LogP contribution < -0.4 is 5.32 Å². The van der Waals surface area contributed by atoms with Crippen LogP contribution in [0.1, 0.15) is 28.9 Å². The van der Waals surface area contributed by atoms with Crippen LogP contribution in [0.3, 0.4) is 0 Å². The highest BCUT2D eigenvalue weighted by Gasteiger charge is 2.35. The zero-order valence-electron chi connectivity index (χ0n) is 12.7. The van der Waals surface area contributed by atoms with Crippen molar-refractivity contribution in [2.75, 3.05) is 0 Å². The fraction of sp³-hybridized carbons (Fsp3) is 0.333. The Morgan fingerprint density at radius 1 is 1.22 bits per heavy atom. The quantitative estimate of drug-likeness (QED) is 0.787. The van der Waals surface area contributed by atoms with Crippen molar-refractivity contribution in [1.82, 2.24) is 10.3 Å². The molecule has 0 radical (unpaired) electrons. The number of aliphatic hydroxyl groups is 1. The normalized spacial score (nSPS) is 21.3. The average molecular weight is 312 g/mol. The van der Waals surface area contributed by atoms with E-state index in [0.717, 1.165) is 5.56 Å². The maximum atomic E-state index is 12.4. The van der Waals surface area contributed by atoms with Crippen LogP contribution in [0.25, 0.3) is 0 Å². The summed E-state index contributed by atoms with van der Waals surface area (Å²) in [5, 5.41) is 22.3. The predicted octanol–water partition coefficient (Wildman–Crippen LogP) is 1.90. The van der Waals surface area contributed by atoms with Gasteiger partial charge in [0, 0.05) is 12.2 Å². The summed E-state index contributed by atoms with van der Waals surface area (Å²) >= 11 is 0. The first-order valence-corrected chi connectivity index (χ1v) is 7.80. The molecule has 1 amide bonds. The van der Waals surface area contributed by atoms with Gasteiger partial charge in [-0.1, -0.05) is 30.3 Å². The standard InChI is InChI=1S/C18H20N2O3/c21-14-10-13(11-14)15(9-12-5-2-1-3-6-12)20-18(23)17-16(22)7-4-8-19-17/h1-8,13-15,21-22H,9-11H2,(H,20,23). The molecule has 0 bridgehead atoms. The number of aliphatic hydroxyl groups excluding tert-OH is 1. The van der Waals surface area contributed by atoms with Crippen molar-refractivity contribution < 1.29 is 15.0 Å². The number of aromatic hydroxyl groups is 1. The van der Waals surface area contributed by atoms with E-state index in [4.69, 9.17) is 0 Å². The largest absolute Gasteiger partial charge is 0.505 e. The Labute approximate surface area is 135 Å². The Kier molecular flexibility index (Phi) is 4.57. The van der Waals surface area contributed by atoms with Crippen molar-refractivity contribution in [3.8, 4) is 5.75 Å². The molecule has 1 heterocycles. The second-order valence-electron chi connectivity index (χ2n) is 6.03. The summed E-state index contributed by atoms with van der Waals surface area (Å²) in [5.41, 5.74) is 1.16. The monoisotopic (exact) mass is 312 g/mol. The van der Waals surface area contributed by atoms with E-state index in [1.807, 2.05) is 30.3 Å². The van der Waals surface area contributed by atoms with E-state index in [9.17, 15) is 15.0 Å². The van der Waals surface area contributed by atoms with Gasteiger partial charge in [-0.05, 0) is 42.9 Å². The molecule has 2 aromatic rings. The molecule has 3 N–H and O–H groups in total. The van der Waals surface area contributed by atoms with Gasteiger partial charge in [0.15, 0.2) is 5.69 Å². The number of carbonyl (C=O) groups is 1. The molecule has 1 aromatic heterocycles. The number of rotatable bonds is 5. The van der Waals surface area contributed by atoms with Gasteiger partial charge in [-0.15, -0.1) is 0 Å². The van der Waals surface area contributed by atoms with Gasteiger partial charge in [-0.25, -0.2) is 4.98 Å². The highest BCUT2D eigenvalue weighted by atomic mass is 16.3. The molecule has 1 unspecified atom stereocenters. The highest BCUT2D eigenvalue weighted by molar-refractivity contribution is 5.94. The van der Waals surface area contributed by atoms with Crippen LogP contribution in [0.15, 0.2) is 48.7 Å². The number of pyridine rings is 1. The third-order valence-corrected chi connectivity index (χ3v) is 4.34. The lowest BCUT2D eigenvalue weighted by molar-refractivity contribution is 0.0238. The van der Waals surface area contributed by atoms with Crippen molar-refractivity contribution >= 4 is 5.91 Å². The van der Waals surface area contributed by atoms with E-state index in [2.05, 4.69) is 10.3 Å². The van der Waals surface area contributed by atoms with Gasteiger partial charge in [0.25, 0.3) is 5.91 Å². The molecule has 1 aromatic carbocycles. The first-order chi connectivity index (χ1) is 11.1. The second-order valence-corrected chi connectivity index (χ2v) is 6.03. The van der Waals surface area contributed by atoms with E-state index < -0.39 is 0 Å². The number of aromatic nitrogens is 1. The molecule has 5 heteroatoms. The van der Waals surface area contributed by atoms with Crippen LogP contribution in [0.4, 0.5) is 0 Å². The van der Waals surface area contributed by atoms with E-state index in [-0.39, 0.29) is 35.4 Å². The Balaban J connectivity index is 1.73. The molecular weight excluding hydrogens is 292 g/mol. The number of hydrogen-bond acceptors (Lipinski definition) is 4. The summed E-state index contributed by atoms with van der Waals surface area (Å²) in [6.45, 7) is 0. The number of amides is 1. The Morgan fingerprint density at radius 2 is 1.96 bits per heavy atom. The van der Waals surface area contributed by atoms with Crippen LogP contribution >= 0.6 is 0 Å². The van der Waals surface area contributed by atoms with Crippen molar-refractivity contribution in [3.05, 3.63) is 59.9 Å². The smallest absolute Gasteiger partial charge is 0.273 e. The maximum absolute atomic E-state index is 12.4. The van der Waals surface area contributed by atoms with Gasteiger partial charge in [-0.2, -0.15) is 0 Å². The molecular formula is C18H20N2O3. The zero-order chi connectivity index (χ0) is 16.2. The van der Waals surface area contributed by atoms with Gasteiger partial charge in [0.1, 0.15) is 5.75 Å². The molecule has 3 rings (SSSR count). The van der Waals surface area contributed by atoms with E-state index in [1.54, 1.807) is 6.07 Å². The topological polar surface area (TPSA) is 82.5 Å². The molecule has 1 aliphatic rings. The minimum absolute atomic E-state index is 0.0328. The predicted molar refractivity (Wildman–Crippen MR) is 86.0 cm³/mol. The SMILES string of the molecule is O=C(NC(Cc1ccccc1)C1CC(O)C1)c1ncccc1O. The molecule has 1 fully saturated rings. The van der Waals surface area contributed by atoms with Crippen molar-refractivity contribution in [1.29, 1.82) is 0 Å². The third-order valence-electron chi connectivity index (χ3n) is 4.34. The lowest BCUT2D eigenvalue weighted by Gasteiger charge is -2.38. The highest BCUT2D eigenvalue weighted by Crippen LogP contribution is 2.32. The zero-order valence-corrected chi connectivity index (χ0v) is 12.7. The second kappa shape index (κ2) is 6.79. The van der Waals surface area contributed by atoms with E-state index >= 15 is 0 Å². The molecule has 0 spiro atoms. The van der Waals surface area contributed by atoms with Crippen molar-refractivity contribution in [2.24, 2.45) is 5.92 Å². The van der Waals surface area contributed by atoms with Crippen molar-refractivity contribution in [2.45, 2.75) is 31.4 Å². The summed E-state index contributed by atoms with van der Waals surface area (Å²) in [6, 6.07) is 12.9. The number of carbonyl (C=O) groups excluding carboxylic acids is 1.